The van der Waals surface area contributed by atoms with Gasteiger partial charge in [-0.05, 0) is 17.7 Å². The first kappa shape index (κ1) is 17.9. The number of aryl methyl sites for hydroxylation is 1. The standard InChI is InChI=1S/C17H11F4N5O2/c1-25-12-4-2-3-9(11(12)7-22-25)8-26-6-5-10(13(18)15(26)27)14-23-16(28-24-14)17(19,20)21/h2-7H,8H2,1H3. The molecule has 144 valence electrons. The third-order valence-electron chi connectivity index (χ3n) is 4.24. The van der Waals surface area contributed by atoms with Crippen LogP contribution in [0.4, 0.5) is 17.6 Å². The van der Waals surface area contributed by atoms with Crippen LogP contribution < -0.4 is 5.56 Å². The van der Waals surface area contributed by atoms with E-state index in [0.29, 0.717) is 0 Å². The Morgan fingerprint density at radius 1 is 1.21 bits per heavy atom. The Morgan fingerprint density at radius 3 is 2.71 bits per heavy atom. The topological polar surface area (TPSA) is 78.7 Å². The van der Waals surface area contributed by atoms with E-state index in [9.17, 15) is 22.4 Å². The Bertz CT molecular complexity index is 1240. The van der Waals surface area contributed by atoms with Crippen LogP contribution in [0, 0.1) is 5.82 Å². The monoisotopic (exact) mass is 393 g/mol. The summed E-state index contributed by atoms with van der Waals surface area (Å²) in [5, 5.41) is 8.06. The summed E-state index contributed by atoms with van der Waals surface area (Å²) in [5.74, 6) is -3.53. The van der Waals surface area contributed by atoms with Gasteiger partial charge in [-0.1, -0.05) is 17.3 Å². The number of benzene rings is 1. The lowest BCUT2D eigenvalue weighted by Crippen LogP contribution is -2.24. The Kier molecular flexibility index (Phi) is 4.02. The van der Waals surface area contributed by atoms with Gasteiger partial charge in [0, 0.05) is 18.6 Å². The molecule has 11 heteroatoms. The van der Waals surface area contributed by atoms with Crippen LogP contribution in [0.15, 0.2) is 46.0 Å². The van der Waals surface area contributed by atoms with Gasteiger partial charge < -0.3 is 9.09 Å². The predicted octanol–water partition coefficient (Wildman–Crippen LogP) is 2.99. The molecule has 0 aliphatic carbocycles. The molecule has 0 amide bonds. The van der Waals surface area contributed by atoms with E-state index in [0.717, 1.165) is 27.1 Å². The maximum absolute atomic E-state index is 14.5. The summed E-state index contributed by atoms with van der Waals surface area (Å²) in [6, 6.07) is 6.54. The van der Waals surface area contributed by atoms with Gasteiger partial charge >= 0.3 is 12.1 Å². The fourth-order valence-electron chi connectivity index (χ4n) is 2.85. The minimum atomic E-state index is -4.86. The van der Waals surface area contributed by atoms with E-state index >= 15 is 0 Å². The fraction of sp³-hybridized carbons (Fsp3) is 0.176. The highest BCUT2D eigenvalue weighted by Gasteiger charge is 2.38. The number of aromatic nitrogens is 5. The van der Waals surface area contributed by atoms with Gasteiger partial charge in [0.15, 0.2) is 5.82 Å². The lowest BCUT2D eigenvalue weighted by atomic mass is 10.1. The Labute approximate surface area is 153 Å². The van der Waals surface area contributed by atoms with E-state index in [1.807, 2.05) is 6.07 Å². The van der Waals surface area contributed by atoms with Gasteiger partial charge in [-0.25, -0.2) is 4.39 Å². The molecule has 0 spiro atoms. The van der Waals surface area contributed by atoms with Gasteiger partial charge in [-0.15, -0.1) is 0 Å². The van der Waals surface area contributed by atoms with Crippen LogP contribution >= 0.6 is 0 Å². The third kappa shape index (κ3) is 2.94. The highest BCUT2D eigenvalue weighted by Crippen LogP contribution is 2.29. The summed E-state index contributed by atoms with van der Waals surface area (Å²) in [6.45, 7) is 0.0547. The van der Waals surface area contributed by atoms with Crippen molar-refractivity contribution in [2.45, 2.75) is 12.7 Å². The minimum Gasteiger partial charge on any atom is -0.329 e. The average Bonchev–Trinajstić information content (AvgIpc) is 3.27. The van der Waals surface area contributed by atoms with E-state index < -0.39 is 34.8 Å². The van der Waals surface area contributed by atoms with Crippen LogP contribution in [0.3, 0.4) is 0 Å². The van der Waals surface area contributed by atoms with E-state index in [1.165, 1.54) is 6.20 Å². The molecule has 1 aromatic carbocycles. The summed E-state index contributed by atoms with van der Waals surface area (Å²) in [5.41, 5.74) is 0.0877. The van der Waals surface area contributed by atoms with Crippen LogP contribution in [-0.2, 0) is 19.8 Å². The van der Waals surface area contributed by atoms with Crippen molar-refractivity contribution in [1.82, 2.24) is 24.5 Å². The van der Waals surface area contributed by atoms with E-state index in [1.54, 1.807) is 30.1 Å². The molecule has 0 saturated carbocycles. The van der Waals surface area contributed by atoms with E-state index in [4.69, 9.17) is 0 Å². The zero-order valence-electron chi connectivity index (χ0n) is 14.2. The molecular formula is C17H11F4N5O2. The van der Waals surface area contributed by atoms with Crippen LogP contribution in [0.1, 0.15) is 11.5 Å². The second kappa shape index (κ2) is 6.29. The maximum atomic E-state index is 14.5. The number of nitrogens with zero attached hydrogens (tertiary/aromatic N) is 5. The minimum absolute atomic E-state index is 0.0547. The van der Waals surface area contributed by atoms with Crippen molar-refractivity contribution in [2.75, 3.05) is 0 Å². The van der Waals surface area contributed by atoms with Crippen molar-refractivity contribution in [3.05, 3.63) is 64.3 Å². The summed E-state index contributed by atoms with van der Waals surface area (Å²) in [4.78, 5) is 15.5. The molecule has 0 saturated heterocycles. The molecule has 0 aliphatic heterocycles. The molecule has 3 aromatic heterocycles. The molecule has 0 radical (unpaired) electrons. The van der Waals surface area contributed by atoms with Crippen molar-refractivity contribution < 1.29 is 22.1 Å². The van der Waals surface area contributed by atoms with Crippen molar-refractivity contribution in [3.63, 3.8) is 0 Å². The smallest absolute Gasteiger partial charge is 0.329 e. The Balaban J connectivity index is 1.72. The number of pyridine rings is 1. The third-order valence-corrected chi connectivity index (χ3v) is 4.24. The van der Waals surface area contributed by atoms with Crippen molar-refractivity contribution in [2.24, 2.45) is 7.05 Å². The molecule has 0 unspecified atom stereocenters. The van der Waals surface area contributed by atoms with Crippen molar-refractivity contribution >= 4 is 10.9 Å². The molecule has 0 bridgehead atoms. The summed E-state index contributed by atoms with van der Waals surface area (Å²) in [7, 11) is 1.77. The highest BCUT2D eigenvalue weighted by atomic mass is 19.4. The maximum Gasteiger partial charge on any atom is 0.471 e. The Morgan fingerprint density at radius 2 is 2.00 bits per heavy atom. The summed E-state index contributed by atoms with van der Waals surface area (Å²) < 4.78 is 59.1. The largest absolute Gasteiger partial charge is 0.471 e. The van der Waals surface area contributed by atoms with E-state index in [2.05, 4.69) is 19.8 Å². The van der Waals surface area contributed by atoms with Gasteiger partial charge in [-0.2, -0.15) is 23.3 Å². The Hall–Kier alpha value is -3.50. The van der Waals surface area contributed by atoms with Crippen LogP contribution in [0.2, 0.25) is 0 Å². The first-order chi connectivity index (χ1) is 13.3. The number of rotatable bonds is 3. The van der Waals surface area contributed by atoms with Crippen molar-refractivity contribution in [1.29, 1.82) is 0 Å². The fourth-order valence-corrected chi connectivity index (χ4v) is 2.85. The lowest BCUT2D eigenvalue weighted by molar-refractivity contribution is -0.159. The number of hydrogen-bond acceptors (Lipinski definition) is 5. The molecule has 4 aromatic rings. The van der Waals surface area contributed by atoms with Crippen molar-refractivity contribution in [3.8, 4) is 11.4 Å². The summed E-state index contributed by atoms with van der Waals surface area (Å²) >= 11 is 0. The zero-order valence-corrected chi connectivity index (χ0v) is 14.2. The first-order valence-electron chi connectivity index (χ1n) is 7.95. The van der Waals surface area contributed by atoms with Crippen LogP contribution in [-0.4, -0.2) is 24.5 Å². The van der Waals surface area contributed by atoms with Gasteiger partial charge in [0.25, 0.3) is 5.56 Å². The highest BCUT2D eigenvalue weighted by molar-refractivity contribution is 5.82. The molecule has 3 heterocycles. The second-order valence-corrected chi connectivity index (χ2v) is 6.02. The molecule has 0 fully saturated rings. The molecule has 0 atom stereocenters. The SMILES string of the molecule is Cn1ncc2c(Cn3ccc(-c4noc(C(F)(F)F)n4)c(F)c3=O)cccc21. The molecular weight excluding hydrogens is 382 g/mol. The van der Waals surface area contributed by atoms with Gasteiger partial charge in [0.1, 0.15) is 0 Å². The number of fused-ring (bicyclic) bond motifs is 1. The summed E-state index contributed by atoms with van der Waals surface area (Å²) in [6.07, 6.45) is -1.96. The normalized spacial score (nSPS) is 12.0. The quantitative estimate of drug-likeness (QED) is 0.500. The number of halogens is 4. The van der Waals surface area contributed by atoms with E-state index in [-0.39, 0.29) is 6.54 Å². The first-order valence-corrected chi connectivity index (χ1v) is 7.95. The van der Waals surface area contributed by atoms with Crippen LogP contribution in [0.25, 0.3) is 22.3 Å². The average molecular weight is 393 g/mol. The molecule has 0 N–H and O–H groups in total. The second-order valence-electron chi connectivity index (χ2n) is 6.02. The van der Waals surface area contributed by atoms with Gasteiger partial charge in [-0.3, -0.25) is 9.48 Å². The molecule has 4 rings (SSSR count). The van der Waals surface area contributed by atoms with Gasteiger partial charge in [0.2, 0.25) is 5.82 Å². The van der Waals surface area contributed by atoms with Crippen LogP contribution in [0.5, 0.6) is 0 Å². The molecule has 0 aliphatic rings. The molecule has 7 nitrogen and oxygen atoms in total. The zero-order chi connectivity index (χ0) is 20.1. The lowest BCUT2D eigenvalue weighted by Gasteiger charge is -2.08. The predicted molar refractivity (Wildman–Crippen MR) is 88.8 cm³/mol. The van der Waals surface area contributed by atoms with Gasteiger partial charge in [0.05, 0.1) is 23.8 Å². The number of hydrogen-bond donors (Lipinski definition) is 0. The molecule has 28 heavy (non-hydrogen) atoms. The number of alkyl halides is 3.